The number of aliphatic hydroxyl groups excluding tert-OH is 1. The average Bonchev–Trinajstić information content (AvgIpc) is 2.10. The van der Waals surface area contributed by atoms with Crippen molar-refractivity contribution in [3.8, 4) is 0 Å². The Balaban J connectivity index is 2.74. The molecule has 1 aliphatic rings. The summed E-state index contributed by atoms with van der Waals surface area (Å²) in [6.45, 7) is -0.425. The molecule has 0 spiro atoms. The Labute approximate surface area is 50.5 Å². The molecule has 1 heterocycles. The minimum atomic E-state index is -2.95. The molecule has 0 saturated carbocycles. The molecule has 0 aromatic rings. The monoisotopic (exact) mass is 133 g/mol. The first kappa shape index (κ1) is 6.35. The second-order valence-corrected chi connectivity index (χ2v) is 1.73. The van der Waals surface area contributed by atoms with Crippen molar-refractivity contribution >= 4 is 6.21 Å². The van der Waals surface area contributed by atoms with Crippen LogP contribution in [0, 0.1) is 0 Å². The maximum atomic E-state index is 12.0. The average molecular weight is 133 g/mol. The summed E-state index contributed by atoms with van der Waals surface area (Å²) in [6, 6.07) is 0. The van der Waals surface area contributed by atoms with E-state index in [1.807, 2.05) is 0 Å². The zero-order chi connectivity index (χ0) is 6.91. The highest BCUT2D eigenvalue weighted by Gasteiger charge is 2.27. The third-order valence-electron chi connectivity index (χ3n) is 0.924. The fourth-order valence-electron chi connectivity index (χ4n) is 0.552. The summed E-state index contributed by atoms with van der Waals surface area (Å²) < 4.78 is 24.1. The quantitative estimate of drug-likeness (QED) is 0.557. The van der Waals surface area contributed by atoms with Crippen LogP contribution < -0.4 is 0 Å². The van der Waals surface area contributed by atoms with Crippen LogP contribution in [0.15, 0.2) is 16.8 Å². The molecule has 4 heteroatoms. The number of hydrogen-bond donors (Lipinski definition) is 1. The first-order valence-electron chi connectivity index (χ1n) is 2.40. The SMILES string of the molecule is OCC1=CC(F)(F)C=N1. The second kappa shape index (κ2) is 1.88. The van der Waals surface area contributed by atoms with Gasteiger partial charge in [-0.25, -0.2) is 0 Å². The molecule has 0 amide bonds. The summed E-state index contributed by atoms with van der Waals surface area (Å²) in [7, 11) is 0. The van der Waals surface area contributed by atoms with E-state index in [2.05, 4.69) is 4.99 Å². The Bertz CT molecular complexity index is 174. The molecule has 0 fully saturated rings. The lowest BCUT2D eigenvalue weighted by Crippen LogP contribution is -2.09. The van der Waals surface area contributed by atoms with Gasteiger partial charge in [0.25, 0.3) is 0 Å². The van der Waals surface area contributed by atoms with Gasteiger partial charge >= 0.3 is 5.92 Å². The van der Waals surface area contributed by atoms with Crippen LogP contribution in [-0.2, 0) is 0 Å². The van der Waals surface area contributed by atoms with E-state index in [9.17, 15) is 8.78 Å². The molecular weight excluding hydrogens is 128 g/mol. The van der Waals surface area contributed by atoms with Gasteiger partial charge in [-0.3, -0.25) is 4.99 Å². The van der Waals surface area contributed by atoms with Crippen molar-refractivity contribution in [3.63, 3.8) is 0 Å². The Hall–Kier alpha value is -0.770. The van der Waals surface area contributed by atoms with Gasteiger partial charge in [0.05, 0.1) is 18.5 Å². The normalized spacial score (nSPS) is 22.3. The van der Waals surface area contributed by atoms with Crippen molar-refractivity contribution in [3.05, 3.63) is 11.8 Å². The van der Waals surface area contributed by atoms with E-state index >= 15 is 0 Å². The molecule has 0 aromatic carbocycles. The predicted molar refractivity (Wildman–Crippen MR) is 28.6 cm³/mol. The molecule has 0 aliphatic carbocycles. The summed E-state index contributed by atoms with van der Waals surface area (Å²) in [4.78, 5) is 3.24. The smallest absolute Gasteiger partial charge is 0.303 e. The summed E-state index contributed by atoms with van der Waals surface area (Å²) in [6.07, 6.45) is 1.14. The second-order valence-electron chi connectivity index (χ2n) is 1.73. The van der Waals surface area contributed by atoms with Crippen LogP contribution >= 0.6 is 0 Å². The van der Waals surface area contributed by atoms with Crippen LogP contribution in [0.3, 0.4) is 0 Å². The molecule has 0 saturated heterocycles. The lowest BCUT2D eigenvalue weighted by Gasteiger charge is -1.95. The first-order chi connectivity index (χ1) is 4.14. The third-order valence-corrected chi connectivity index (χ3v) is 0.924. The van der Waals surface area contributed by atoms with E-state index < -0.39 is 12.5 Å². The van der Waals surface area contributed by atoms with Gasteiger partial charge in [0.1, 0.15) is 0 Å². The Morgan fingerprint density at radius 2 is 2.33 bits per heavy atom. The number of aliphatic hydroxyl groups is 1. The Kier molecular flexibility index (Phi) is 1.32. The molecular formula is C5H5F2NO. The third kappa shape index (κ3) is 1.32. The van der Waals surface area contributed by atoms with E-state index in [4.69, 9.17) is 5.11 Å². The van der Waals surface area contributed by atoms with Gasteiger partial charge < -0.3 is 5.11 Å². The van der Waals surface area contributed by atoms with Crippen LogP contribution in [0.5, 0.6) is 0 Å². The molecule has 2 nitrogen and oxygen atoms in total. The molecule has 0 aromatic heterocycles. The predicted octanol–water partition coefficient (Wildman–Crippen LogP) is 0.582. The zero-order valence-corrected chi connectivity index (χ0v) is 4.51. The highest BCUT2D eigenvalue weighted by Crippen LogP contribution is 2.20. The lowest BCUT2D eigenvalue weighted by atomic mass is 10.3. The standard InChI is InChI=1S/C5H5F2NO/c6-5(7)1-4(2-9)8-3-5/h1,3,9H,2H2. The van der Waals surface area contributed by atoms with E-state index in [-0.39, 0.29) is 5.70 Å². The van der Waals surface area contributed by atoms with Gasteiger partial charge in [0, 0.05) is 6.08 Å². The van der Waals surface area contributed by atoms with Crippen LogP contribution in [0.4, 0.5) is 8.78 Å². The topological polar surface area (TPSA) is 32.6 Å². The van der Waals surface area contributed by atoms with E-state index in [1.165, 1.54) is 0 Å². The van der Waals surface area contributed by atoms with Crippen LogP contribution in [-0.4, -0.2) is 23.9 Å². The summed E-state index contributed by atoms with van der Waals surface area (Å²) in [5.74, 6) is -2.95. The first-order valence-corrected chi connectivity index (χ1v) is 2.40. The fraction of sp³-hybridized carbons (Fsp3) is 0.400. The van der Waals surface area contributed by atoms with Crippen LogP contribution in [0.25, 0.3) is 0 Å². The van der Waals surface area contributed by atoms with E-state index in [1.54, 1.807) is 0 Å². The Morgan fingerprint density at radius 1 is 1.67 bits per heavy atom. The number of halogens is 2. The molecule has 0 radical (unpaired) electrons. The van der Waals surface area contributed by atoms with Gasteiger partial charge in [-0.15, -0.1) is 0 Å². The van der Waals surface area contributed by atoms with Crippen molar-refractivity contribution in [2.75, 3.05) is 6.61 Å². The van der Waals surface area contributed by atoms with Gasteiger partial charge in [0.2, 0.25) is 0 Å². The van der Waals surface area contributed by atoms with E-state index in [0.717, 1.165) is 0 Å². The van der Waals surface area contributed by atoms with Gasteiger partial charge in [0.15, 0.2) is 0 Å². The number of hydrogen-bond acceptors (Lipinski definition) is 2. The fourth-order valence-corrected chi connectivity index (χ4v) is 0.552. The minimum Gasteiger partial charge on any atom is -0.390 e. The molecule has 0 bridgehead atoms. The van der Waals surface area contributed by atoms with Gasteiger partial charge in [-0.05, 0) is 0 Å². The minimum absolute atomic E-state index is 0.0278. The molecule has 50 valence electrons. The molecule has 0 unspecified atom stereocenters. The van der Waals surface area contributed by atoms with Crippen molar-refractivity contribution in [1.29, 1.82) is 0 Å². The van der Waals surface area contributed by atoms with Crippen molar-refractivity contribution in [2.45, 2.75) is 5.92 Å². The van der Waals surface area contributed by atoms with Crippen molar-refractivity contribution in [1.82, 2.24) is 0 Å². The van der Waals surface area contributed by atoms with E-state index in [0.29, 0.717) is 12.3 Å². The molecule has 0 atom stereocenters. The lowest BCUT2D eigenvalue weighted by molar-refractivity contribution is 0.142. The number of aliphatic imine (C=N–C) groups is 1. The maximum absolute atomic E-state index is 12.0. The summed E-state index contributed by atoms with van der Waals surface area (Å²) in [5.41, 5.74) is 0.0278. The van der Waals surface area contributed by atoms with Gasteiger partial charge in [-0.2, -0.15) is 8.78 Å². The largest absolute Gasteiger partial charge is 0.390 e. The molecule has 9 heavy (non-hydrogen) atoms. The van der Waals surface area contributed by atoms with Crippen LogP contribution in [0.2, 0.25) is 0 Å². The number of rotatable bonds is 1. The number of alkyl halides is 2. The summed E-state index contributed by atoms with van der Waals surface area (Å²) in [5, 5.41) is 8.28. The zero-order valence-electron chi connectivity index (χ0n) is 4.51. The highest BCUT2D eigenvalue weighted by molar-refractivity contribution is 5.74. The molecule has 1 N–H and O–H groups in total. The van der Waals surface area contributed by atoms with Crippen LogP contribution in [0.1, 0.15) is 0 Å². The maximum Gasteiger partial charge on any atom is 0.303 e. The number of allylic oxidation sites excluding steroid dienone is 1. The molecule has 1 rings (SSSR count). The summed E-state index contributed by atoms with van der Waals surface area (Å²) >= 11 is 0. The molecule has 1 aliphatic heterocycles. The number of nitrogens with zero attached hydrogens (tertiary/aromatic N) is 1. The van der Waals surface area contributed by atoms with Gasteiger partial charge in [-0.1, -0.05) is 0 Å². The van der Waals surface area contributed by atoms with Crippen molar-refractivity contribution < 1.29 is 13.9 Å². The highest BCUT2D eigenvalue weighted by atomic mass is 19.3. The van der Waals surface area contributed by atoms with Crippen molar-refractivity contribution in [2.24, 2.45) is 4.99 Å². The Morgan fingerprint density at radius 3 is 2.56 bits per heavy atom.